The van der Waals surface area contributed by atoms with Gasteiger partial charge in [-0.15, -0.1) is 11.8 Å². The molecule has 19 heavy (non-hydrogen) atoms. The summed E-state index contributed by atoms with van der Waals surface area (Å²) in [5.41, 5.74) is 0. The lowest BCUT2D eigenvalue weighted by molar-refractivity contribution is -0.148. The van der Waals surface area contributed by atoms with Crippen LogP contribution in [-0.2, 0) is 19.4 Å². The van der Waals surface area contributed by atoms with E-state index in [2.05, 4.69) is 0 Å². The highest BCUT2D eigenvalue weighted by molar-refractivity contribution is 8.02. The first-order valence-corrected chi connectivity index (χ1v) is 8.94. The number of likely N-dealkylation sites (N-methyl/N-ethyl adjacent to an activating group) is 1. The fourth-order valence-corrected chi connectivity index (χ4v) is 5.54. The van der Waals surface area contributed by atoms with Crippen LogP contribution in [0.2, 0.25) is 0 Å². The summed E-state index contributed by atoms with van der Waals surface area (Å²) in [6, 6.07) is -0.819. The second-order valence-electron chi connectivity index (χ2n) is 4.60. The van der Waals surface area contributed by atoms with Gasteiger partial charge in [0.1, 0.15) is 6.04 Å². The van der Waals surface area contributed by atoms with Gasteiger partial charge in [0.2, 0.25) is 5.91 Å². The summed E-state index contributed by atoms with van der Waals surface area (Å²) >= 11 is 1.30. The van der Waals surface area contributed by atoms with Crippen LogP contribution in [0.15, 0.2) is 0 Å². The van der Waals surface area contributed by atoms with Crippen molar-refractivity contribution in [2.75, 3.05) is 24.3 Å². The van der Waals surface area contributed by atoms with Crippen LogP contribution in [0.3, 0.4) is 0 Å². The minimum Gasteiger partial charge on any atom is -0.480 e. The van der Waals surface area contributed by atoms with Crippen LogP contribution in [0.4, 0.5) is 0 Å². The largest absolute Gasteiger partial charge is 0.480 e. The molecule has 1 rings (SSSR count). The van der Waals surface area contributed by atoms with Crippen LogP contribution in [-0.4, -0.2) is 65.9 Å². The van der Waals surface area contributed by atoms with Gasteiger partial charge < -0.3 is 10.0 Å². The van der Waals surface area contributed by atoms with E-state index in [9.17, 15) is 18.0 Å². The number of carboxylic acids is 1. The summed E-state index contributed by atoms with van der Waals surface area (Å²) in [6.45, 7) is 1.71. The maximum atomic E-state index is 11.9. The quantitative estimate of drug-likeness (QED) is 0.755. The summed E-state index contributed by atoms with van der Waals surface area (Å²) in [5.74, 6) is -0.873. The molecule has 1 saturated heterocycles. The Morgan fingerprint density at radius 1 is 1.47 bits per heavy atom. The van der Waals surface area contributed by atoms with Gasteiger partial charge in [0.05, 0.1) is 17.3 Å². The van der Waals surface area contributed by atoms with E-state index in [-0.39, 0.29) is 28.4 Å². The number of rotatable bonds is 6. The van der Waals surface area contributed by atoms with Gasteiger partial charge in [-0.05, 0) is 12.8 Å². The molecule has 0 radical (unpaired) electrons. The van der Waals surface area contributed by atoms with Crippen LogP contribution < -0.4 is 0 Å². The van der Waals surface area contributed by atoms with Gasteiger partial charge in [0.15, 0.2) is 9.84 Å². The average Bonchev–Trinajstić information content (AvgIpc) is 2.66. The van der Waals surface area contributed by atoms with Crippen LogP contribution >= 0.6 is 11.8 Å². The minimum absolute atomic E-state index is 0.0488. The fourth-order valence-electron chi connectivity index (χ4n) is 1.97. The first kappa shape index (κ1) is 16.3. The van der Waals surface area contributed by atoms with E-state index in [1.165, 1.54) is 23.7 Å². The smallest absolute Gasteiger partial charge is 0.326 e. The molecule has 0 aromatic carbocycles. The molecule has 1 aliphatic heterocycles. The summed E-state index contributed by atoms with van der Waals surface area (Å²) in [6.07, 6.45) is 0.917. The molecule has 2 unspecified atom stereocenters. The van der Waals surface area contributed by atoms with Crippen molar-refractivity contribution < 1.29 is 23.1 Å². The van der Waals surface area contributed by atoms with Gasteiger partial charge in [-0.1, -0.05) is 6.92 Å². The number of nitrogens with zero attached hydrogens (tertiary/aromatic N) is 1. The topological polar surface area (TPSA) is 91.8 Å². The molecule has 1 aliphatic rings. The molecule has 8 heteroatoms. The fraction of sp³-hybridized carbons (Fsp3) is 0.818. The van der Waals surface area contributed by atoms with Crippen LogP contribution in [0, 0.1) is 0 Å². The summed E-state index contributed by atoms with van der Waals surface area (Å²) in [5, 5.41) is 8.91. The molecule has 1 amide bonds. The summed E-state index contributed by atoms with van der Waals surface area (Å²) in [4.78, 5) is 24.0. The van der Waals surface area contributed by atoms with Crippen molar-refractivity contribution in [3.63, 3.8) is 0 Å². The van der Waals surface area contributed by atoms with Crippen molar-refractivity contribution in [3.8, 4) is 0 Å². The predicted molar refractivity (Wildman–Crippen MR) is 74.0 cm³/mol. The molecule has 1 N–H and O–H groups in total. The Kier molecular flexibility index (Phi) is 5.66. The van der Waals surface area contributed by atoms with Crippen molar-refractivity contribution >= 4 is 33.5 Å². The van der Waals surface area contributed by atoms with E-state index in [1.54, 1.807) is 6.92 Å². The molecule has 1 fully saturated rings. The molecule has 6 nitrogen and oxygen atoms in total. The summed E-state index contributed by atoms with van der Waals surface area (Å²) in [7, 11) is -1.47. The lowest BCUT2D eigenvalue weighted by atomic mass is 10.2. The highest BCUT2D eigenvalue weighted by atomic mass is 32.2. The van der Waals surface area contributed by atoms with Gasteiger partial charge in [0.25, 0.3) is 0 Å². The molecule has 0 spiro atoms. The number of aliphatic carboxylic acids is 1. The number of thioether (sulfide) groups is 1. The number of carbonyl (C=O) groups excluding carboxylic acids is 1. The first-order valence-electron chi connectivity index (χ1n) is 6.07. The maximum absolute atomic E-state index is 11.9. The standard InChI is InChI=1S/C11H19NO5S2/c1-3-9(11(14)15)12(2)10(13)6-18-8-4-5-19(16,17)7-8/h8-9H,3-7H2,1-2H3,(H,14,15). The van der Waals surface area contributed by atoms with E-state index in [1.807, 2.05) is 0 Å². The Balaban J connectivity index is 2.45. The number of sulfone groups is 1. The first-order chi connectivity index (χ1) is 8.76. The predicted octanol–water partition coefficient (Wildman–Crippen LogP) is 0.228. The third-order valence-corrected chi connectivity index (χ3v) is 6.43. The number of carboxylic acid groups (broad SMARTS) is 1. The molecule has 110 valence electrons. The van der Waals surface area contributed by atoms with Gasteiger partial charge >= 0.3 is 5.97 Å². The third kappa shape index (κ3) is 4.68. The monoisotopic (exact) mass is 309 g/mol. The molecule has 0 aliphatic carbocycles. The molecular weight excluding hydrogens is 290 g/mol. The second-order valence-corrected chi connectivity index (χ2v) is 8.12. The number of carbonyl (C=O) groups is 2. The Labute approximate surface area is 117 Å². The van der Waals surface area contributed by atoms with Gasteiger partial charge in [0, 0.05) is 12.3 Å². The maximum Gasteiger partial charge on any atom is 0.326 e. The van der Waals surface area contributed by atoms with Crippen molar-refractivity contribution in [2.24, 2.45) is 0 Å². The van der Waals surface area contributed by atoms with E-state index < -0.39 is 21.8 Å². The normalized spacial score (nSPS) is 22.9. The third-order valence-electron chi connectivity index (χ3n) is 3.17. The lowest BCUT2D eigenvalue weighted by Crippen LogP contribution is -2.43. The van der Waals surface area contributed by atoms with E-state index in [0.717, 1.165) is 0 Å². The SMILES string of the molecule is CCC(C(=O)O)N(C)C(=O)CSC1CCS(=O)(=O)C1. The Morgan fingerprint density at radius 3 is 2.53 bits per heavy atom. The summed E-state index contributed by atoms with van der Waals surface area (Å²) < 4.78 is 22.6. The highest BCUT2D eigenvalue weighted by Crippen LogP contribution is 2.24. The number of hydrogen-bond acceptors (Lipinski definition) is 5. The second kappa shape index (κ2) is 6.60. The van der Waals surface area contributed by atoms with Crippen molar-refractivity contribution in [1.29, 1.82) is 0 Å². The van der Waals surface area contributed by atoms with Crippen molar-refractivity contribution in [2.45, 2.75) is 31.1 Å². The minimum atomic E-state index is -2.94. The molecule has 0 bridgehead atoms. The van der Waals surface area contributed by atoms with Gasteiger partial charge in [-0.25, -0.2) is 13.2 Å². The van der Waals surface area contributed by atoms with Gasteiger partial charge in [-0.2, -0.15) is 0 Å². The van der Waals surface area contributed by atoms with E-state index in [4.69, 9.17) is 5.11 Å². The molecule has 0 saturated carbocycles. The zero-order valence-corrected chi connectivity index (χ0v) is 12.7. The van der Waals surface area contributed by atoms with Crippen LogP contribution in [0.1, 0.15) is 19.8 Å². The number of hydrogen-bond donors (Lipinski definition) is 1. The van der Waals surface area contributed by atoms with E-state index in [0.29, 0.717) is 12.8 Å². The molecule has 1 heterocycles. The molecule has 0 aromatic rings. The zero-order chi connectivity index (χ0) is 14.6. The van der Waals surface area contributed by atoms with Crippen LogP contribution in [0.5, 0.6) is 0 Å². The Bertz CT molecular complexity index is 448. The van der Waals surface area contributed by atoms with E-state index >= 15 is 0 Å². The molecular formula is C11H19NO5S2. The molecule has 0 aromatic heterocycles. The average molecular weight is 309 g/mol. The lowest BCUT2D eigenvalue weighted by Gasteiger charge is -2.24. The van der Waals surface area contributed by atoms with Crippen LogP contribution in [0.25, 0.3) is 0 Å². The van der Waals surface area contributed by atoms with Crippen molar-refractivity contribution in [1.82, 2.24) is 4.90 Å². The van der Waals surface area contributed by atoms with Gasteiger partial charge in [-0.3, -0.25) is 4.79 Å². The zero-order valence-electron chi connectivity index (χ0n) is 11.0. The number of amides is 1. The Hall–Kier alpha value is -0.760. The Morgan fingerprint density at radius 2 is 2.11 bits per heavy atom. The molecule has 2 atom stereocenters. The highest BCUT2D eigenvalue weighted by Gasteiger charge is 2.30. The van der Waals surface area contributed by atoms with Crippen molar-refractivity contribution in [3.05, 3.63) is 0 Å².